The molecule has 1 saturated carbocycles. The number of nitrogens with zero attached hydrogens (tertiary/aromatic N) is 1. The largest absolute Gasteiger partial charge is 0.395 e. The molecule has 0 aromatic heterocycles. The summed E-state index contributed by atoms with van der Waals surface area (Å²) in [5, 5.41) is 8.44. The van der Waals surface area contributed by atoms with Gasteiger partial charge in [-0.05, 0) is 12.8 Å². The number of aliphatic hydroxyl groups is 1. The van der Waals surface area contributed by atoms with Crippen LogP contribution in [-0.2, 0) is 4.79 Å². The van der Waals surface area contributed by atoms with Crippen molar-refractivity contribution in [1.29, 1.82) is 0 Å². The molecule has 0 atom stereocenters. The first-order chi connectivity index (χ1) is 4.38. The molecule has 52 valence electrons. The third kappa shape index (κ3) is 1.68. The lowest BCUT2D eigenvalue weighted by atomic mass is 10.5. The van der Waals surface area contributed by atoms with E-state index >= 15 is 0 Å². The molecule has 0 aliphatic heterocycles. The zero-order chi connectivity index (χ0) is 6.69. The fraction of sp³-hybridized carbons (Fsp3) is 0.833. The summed E-state index contributed by atoms with van der Waals surface area (Å²) in [4.78, 5) is 11.8. The SMILES string of the molecule is O=CN(CCO)C1CC1. The van der Waals surface area contributed by atoms with Gasteiger partial charge in [0.25, 0.3) is 0 Å². The third-order valence-corrected chi connectivity index (χ3v) is 1.51. The van der Waals surface area contributed by atoms with E-state index in [0.29, 0.717) is 12.6 Å². The molecular formula is C6H11NO2. The summed E-state index contributed by atoms with van der Waals surface area (Å²) < 4.78 is 0. The predicted molar refractivity (Wildman–Crippen MR) is 32.9 cm³/mol. The van der Waals surface area contributed by atoms with Gasteiger partial charge in [0, 0.05) is 12.6 Å². The second-order valence-electron chi connectivity index (χ2n) is 2.30. The van der Waals surface area contributed by atoms with Crippen LogP contribution in [0.25, 0.3) is 0 Å². The van der Waals surface area contributed by atoms with E-state index in [1.165, 1.54) is 0 Å². The lowest BCUT2D eigenvalue weighted by molar-refractivity contribution is -0.119. The van der Waals surface area contributed by atoms with E-state index in [0.717, 1.165) is 19.3 Å². The van der Waals surface area contributed by atoms with Gasteiger partial charge in [-0.1, -0.05) is 0 Å². The van der Waals surface area contributed by atoms with E-state index < -0.39 is 0 Å². The van der Waals surface area contributed by atoms with Crippen molar-refractivity contribution in [2.24, 2.45) is 0 Å². The van der Waals surface area contributed by atoms with Gasteiger partial charge in [-0.25, -0.2) is 0 Å². The number of carbonyl (C=O) groups is 1. The van der Waals surface area contributed by atoms with Crippen molar-refractivity contribution in [2.45, 2.75) is 18.9 Å². The fourth-order valence-corrected chi connectivity index (χ4v) is 0.843. The minimum atomic E-state index is 0.0786. The van der Waals surface area contributed by atoms with Gasteiger partial charge in [0.1, 0.15) is 0 Å². The van der Waals surface area contributed by atoms with Gasteiger partial charge in [0.15, 0.2) is 0 Å². The Balaban J connectivity index is 2.20. The molecule has 3 nitrogen and oxygen atoms in total. The standard InChI is InChI=1S/C6H11NO2/c8-4-3-7(5-9)6-1-2-6/h5-6,8H,1-4H2. The van der Waals surface area contributed by atoms with E-state index in [-0.39, 0.29) is 6.61 Å². The van der Waals surface area contributed by atoms with Gasteiger partial charge in [0.05, 0.1) is 6.61 Å². The van der Waals surface area contributed by atoms with Crippen LogP contribution in [0.15, 0.2) is 0 Å². The van der Waals surface area contributed by atoms with Crippen molar-refractivity contribution in [3.05, 3.63) is 0 Å². The summed E-state index contributed by atoms with van der Waals surface area (Å²) in [6.45, 7) is 0.573. The first-order valence-corrected chi connectivity index (χ1v) is 3.20. The zero-order valence-electron chi connectivity index (χ0n) is 5.29. The molecule has 0 heterocycles. The third-order valence-electron chi connectivity index (χ3n) is 1.51. The number of carbonyl (C=O) groups excluding carboxylic acids is 1. The van der Waals surface area contributed by atoms with E-state index in [2.05, 4.69) is 0 Å². The summed E-state index contributed by atoms with van der Waals surface area (Å²) in [5.74, 6) is 0. The molecule has 1 aliphatic rings. The van der Waals surface area contributed by atoms with Crippen LogP contribution in [-0.4, -0.2) is 35.6 Å². The van der Waals surface area contributed by atoms with Gasteiger partial charge in [-0.15, -0.1) is 0 Å². The van der Waals surface area contributed by atoms with Gasteiger partial charge in [-0.3, -0.25) is 4.79 Å². The Morgan fingerprint density at radius 3 is 2.67 bits per heavy atom. The number of aliphatic hydroxyl groups excluding tert-OH is 1. The summed E-state index contributed by atoms with van der Waals surface area (Å²) in [7, 11) is 0. The highest BCUT2D eigenvalue weighted by Crippen LogP contribution is 2.24. The van der Waals surface area contributed by atoms with Crippen LogP contribution >= 0.6 is 0 Å². The summed E-state index contributed by atoms with van der Waals surface area (Å²) in [6, 6.07) is 0.439. The Bertz CT molecular complexity index is 101. The van der Waals surface area contributed by atoms with Crippen molar-refractivity contribution in [3.63, 3.8) is 0 Å². The second kappa shape index (κ2) is 2.82. The molecule has 1 N–H and O–H groups in total. The molecule has 0 aromatic rings. The molecule has 0 saturated heterocycles. The van der Waals surface area contributed by atoms with Crippen molar-refractivity contribution < 1.29 is 9.90 Å². The van der Waals surface area contributed by atoms with Crippen LogP contribution in [0.3, 0.4) is 0 Å². The maximum absolute atomic E-state index is 10.2. The van der Waals surface area contributed by atoms with Crippen molar-refractivity contribution >= 4 is 6.41 Å². The highest BCUT2D eigenvalue weighted by molar-refractivity contribution is 5.48. The van der Waals surface area contributed by atoms with E-state index in [9.17, 15) is 4.79 Å². The molecule has 3 heteroatoms. The second-order valence-corrected chi connectivity index (χ2v) is 2.30. The average Bonchev–Trinajstić information content (AvgIpc) is 2.64. The first kappa shape index (κ1) is 6.55. The molecule has 0 bridgehead atoms. The minimum Gasteiger partial charge on any atom is -0.395 e. The molecule has 0 unspecified atom stereocenters. The number of hydrogen-bond acceptors (Lipinski definition) is 2. The summed E-state index contributed by atoms with van der Waals surface area (Å²) in [5.41, 5.74) is 0. The molecule has 1 rings (SSSR count). The molecule has 1 aliphatic carbocycles. The smallest absolute Gasteiger partial charge is 0.210 e. The normalized spacial score (nSPS) is 17.4. The first-order valence-electron chi connectivity index (χ1n) is 3.20. The molecular weight excluding hydrogens is 118 g/mol. The Kier molecular flexibility index (Phi) is 2.05. The van der Waals surface area contributed by atoms with Crippen LogP contribution in [0.4, 0.5) is 0 Å². The average molecular weight is 129 g/mol. The number of amides is 1. The van der Waals surface area contributed by atoms with Crippen LogP contribution in [0.1, 0.15) is 12.8 Å². The van der Waals surface area contributed by atoms with Gasteiger partial charge in [0.2, 0.25) is 6.41 Å². The van der Waals surface area contributed by atoms with Crippen LogP contribution in [0.5, 0.6) is 0 Å². The summed E-state index contributed by atoms with van der Waals surface area (Å²) in [6.07, 6.45) is 3.03. The maximum atomic E-state index is 10.2. The fourth-order valence-electron chi connectivity index (χ4n) is 0.843. The van der Waals surface area contributed by atoms with Crippen LogP contribution < -0.4 is 0 Å². The Morgan fingerprint density at radius 2 is 2.33 bits per heavy atom. The van der Waals surface area contributed by atoms with Crippen molar-refractivity contribution in [1.82, 2.24) is 4.90 Å². The molecule has 9 heavy (non-hydrogen) atoms. The Morgan fingerprint density at radius 1 is 1.67 bits per heavy atom. The topological polar surface area (TPSA) is 40.5 Å². The molecule has 0 aromatic carbocycles. The lowest BCUT2D eigenvalue weighted by Crippen LogP contribution is -2.27. The van der Waals surface area contributed by atoms with Gasteiger partial charge < -0.3 is 10.0 Å². The highest BCUT2D eigenvalue weighted by atomic mass is 16.3. The van der Waals surface area contributed by atoms with E-state index in [1.807, 2.05) is 0 Å². The van der Waals surface area contributed by atoms with Gasteiger partial charge >= 0.3 is 0 Å². The van der Waals surface area contributed by atoms with E-state index in [1.54, 1.807) is 4.90 Å². The van der Waals surface area contributed by atoms with Crippen LogP contribution in [0, 0.1) is 0 Å². The summed E-state index contributed by atoms with van der Waals surface area (Å²) >= 11 is 0. The lowest BCUT2D eigenvalue weighted by Gasteiger charge is -2.13. The minimum absolute atomic E-state index is 0.0786. The Labute approximate surface area is 54.3 Å². The molecule has 1 amide bonds. The number of rotatable bonds is 4. The quantitative estimate of drug-likeness (QED) is 0.525. The molecule has 0 radical (unpaired) electrons. The van der Waals surface area contributed by atoms with Gasteiger partial charge in [-0.2, -0.15) is 0 Å². The molecule has 0 spiro atoms. The van der Waals surface area contributed by atoms with Crippen LogP contribution in [0.2, 0.25) is 0 Å². The van der Waals surface area contributed by atoms with Crippen molar-refractivity contribution in [2.75, 3.05) is 13.2 Å². The zero-order valence-corrected chi connectivity index (χ0v) is 5.29. The number of hydrogen-bond donors (Lipinski definition) is 1. The van der Waals surface area contributed by atoms with E-state index in [4.69, 9.17) is 5.11 Å². The molecule has 1 fully saturated rings. The maximum Gasteiger partial charge on any atom is 0.210 e. The predicted octanol–water partition coefficient (Wildman–Crippen LogP) is -0.401. The highest BCUT2D eigenvalue weighted by Gasteiger charge is 2.27. The Hall–Kier alpha value is -0.570. The van der Waals surface area contributed by atoms with Crippen molar-refractivity contribution in [3.8, 4) is 0 Å². The monoisotopic (exact) mass is 129 g/mol.